The maximum Gasteiger partial charge on any atom is 0.321 e. The van der Waals surface area contributed by atoms with Crippen molar-refractivity contribution < 1.29 is 14.4 Å². The number of carboxylic acids is 1. The lowest BCUT2D eigenvalue weighted by Crippen LogP contribution is -2.37. The second-order valence-corrected chi connectivity index (χ2v) is 8.29. The molecule has 2 aromatic carbocycles. The Bertz CT molecular complexity index is 1220. The van der Waals surface area contributed by atoms with Gasteiger partial charge in [-0.3, -0.25) is 9.69 Å². The molecule has 32 heavy (non-hydrogen) atoms. The van der Waals surface area contributed by atoms with E-state index in [1.54, 1.807) is 19.0 Å². The zero-order valence-corrected chi connectivity index (χ0v) is 18.4. The van der Waals surface area contributed by atoms with Crippen LogP contribution in [0.4, 0.5) is 5.69 Å². The highest BCUT2D eigenvalue weighted by atomic mass is 16.5. The van der Waals surface area contributed by atoms with Gasteiger partial charge < -0.3 is 19.9 Å². The number of para-hydroxylation sites is 1. The fourth-order valence-corrected chi connectivity index (χ4v) is 4.06. The van der Waals surface area contributed by atoms with Crippen LogP contribution in [0.25, 0.3) is 22.2 Å². The first-order valence-corrected chi connectivity index (χ1v) is 10.7. The first-order valence-electron chi connectivity index (χ1n) is 10.7. The molecule has 0 aliphatic carbocycles. The zero-order chi connectivity index (χ0) is 22.7. The van der Waals surface area contributed by atoms with Gasteiger partial charge in [-0.05, 0) is 44.3 Å². The number of nitrogens with two attached hydrogens (primary N) is 1. The Morgan fingerprint density at radius 1 is 1.19 bits per heavy atom. The number of carbonyl (C=O) groups is 1. The molecule has 3 N–H and O–H groups in total. The summed E-state index contributed by atoms with van der Waals surface area (Å²) < 4.78 is 7.73. The van der Waals surface area contributed by atoms with Gasteiger partial charge in [0, 0.05) is 53.8 Å². The highest BCUT2D eigenvalue weighted by Gasteiger charge is 2.22. The van der Waals surface area contributed by atoms with Crippen LogP contribution < -0.4 is 5.73 Å². The summed E-state index contributed by atoms with van der Waals surface area (Å²) >= 11 is 0. The Balaban J connectivity index is 1.47. The van der Waals surface area contributed by atoms with E-state index in [1.165, 1.54) is 0 Å². The lowest BCUT2D eigenvalue weighted by atomic mass is 10.0. The summed E-state index contributed by atoms with van der Waals surface area (Å²) in [6.45, 7) is 0.800. The van der Waals surface area contributed by atoms with E-state index in [0.29, 0.717) is 12.1 Å². The third-order valence-corrected chi connectivity index (χ3v) is 5.76. The van der Waals surface area contributed by atoms with Gasteiger partial charge in [0.05, 0.1) is 0 Å². The average molecular weight is 433 g/mol. The molecule has 0 saturated carbocycles. The number of nitrogen functional groups attached to an aromatic ring is 1. The van der Waals surface area contributed by atoms with Crippen LogP contribution in [-0.4, -0.2) is 45.8 Å². The summed E-state index contributed by atoms with van der Waals surface area (Å²) in [7, 11) is 3.60. The van der Waals surface area contributed by atoms with Gasteiger partial charge in [-0.25, -0.2) is 0 Å². The van der Waals surface area contributed by atoms with Gasteiger partial charge >= 0.3 is 5.97 Å². The van der Waals surface area contributed by atoms with Crippen molar-refractivity contribution >= 4 is 22.6 Å². The highest BCUT2D eigenvalue weighted by Crippen LogP contribution is 2.25. The highest BCUT2D eigenvalue weighted by molar-refractivity contribution is 5.85. The van der Waals surface area contributed by atoms with Gasteiger partial charge in [0.25, 0.3) is 0 Å². The number of aryl methyl sites for hydroxylation is 2. The molecule has 0 radical (unpaired) electrons. The van der Waals surface area contributed by atoms with E-state index < -0.39 is 12.0 Å². The minimum atomic E-state index is -0.812. The maximum absolute atomic E-state index is 11.7. The SMILES string of the molecule is CN(C)[C@@H](Cc1cn(CCCc2cc(-c3cccc(N)c3)no2)c2ccccc12)C(=O)O. The fraction of sp³-hybridized carbons (Fsp3) is 0.280. The lowest BCUT2D eigenvalue weighted by molar-refractivity contribution is -0.142. The Morgan fingerprint density at radius 2 is 2.00 bits per heavy atom. The molecule has 166 valence electrons. The van der Waals surface area contributed by atoms with Crippen molar-refractivity contribution in [3.8, 4) is 11.3 Å². The molecule has 2 aromatic heterocycles. The summed E-state index contributed by atoms with van der Waals surface area (Å²) in [6.07, 6.45) is 4.18. The number of fused-ring (bicyclic) bond motifs is 1. The summed E-state index contributed by atoms with van der Waals surface area (Å²) in [4.78, 5) is 13.4. The molecule has 0 aliphatic rings. The topological polar surface area (TPSA) is 97.5 Å². The third kappa shape index (κ3) is 4.68. The minimum Gasteiger partial charge on any atom is -0.480 e. The van der Waals surface area contributed by atoms with Crippen LogP contribution in [0.5, 0.6) is 0 Å². The number of carboxylic acid groups (broad SMARTS) is 1. The molecule has 0 unspecified atom stereocenters. The molecule has 7 nitrogen and oxygen atoms in total. The predicted molar refractivity (Wildman–Crippen MR) is 125 cm³/mol. The van der Waals surface area contributed by atoms with Crippen LogP contribution in [0.2, 0.25) is 0 Å². The number of anilines is 1. The van der Waals surface area contributed by atoms with Crippen molar-refractivity contribution in [2.45, 2.75) is 31.8 Å². The van der Waals surface area contributed by atoms with Gasteiger partial charge in [-0.2, -0.15) is 0 Å². The minimum absolute atomic E-state index is 0.460. The summed E-state index contributed by atoms with van der Waals surface area (Å²) in [6, 6.07) is 17.1. The monoisotopic (exact) mass is 432 g/mol. The van der Waals surface area contributed by atoms with Crippen molar-refractivity contribution in [1.29, 1.82) is 0 Å². The van der Waals surface area contributed by atoms with E-state index in [9.17, 15) is 9.90 Å². The molecule has 0 aliphatic heterocycles. The van der Waals surface area contributed by atoms with Crippen LogP contribution in [-0.2, 0) is 24.2 Å². The quantitative estimate of drug-likeness (QED) is 0.387. The normalized spacial score (nSPS) is 12.5. The Labute approximate surface area is 187 Å². The Hall–Kier alpha value is -3.58. The van der Waals surface area contributed by atoms with Crippen LogP contribution in [0, 0.1) is 0 Å². The number of aliphatic carboxylic acids is 1. The third-order valence-electron chi connectivity index (χ3n) is 5.76. The van der Waals surface area contributed by atoms with E-state index >= 15 is 0 Å². The van der Waals surface area contributed by atoms with Gasteiger partial charge in [0.2, 0.25) is 0 Å². The largest absolute Gasteiger partial charge is 0.480 e. The fourth-order valence-electron chi connectivity index (χ4n) is 4.06. The molecule has 0 spiro atoms. The Kier molecular flexibility index (Phi) is 6.28. The molecule has 0 bridgehead atoms. The molecule has 0 saturated heterocycles. The van der Waals surface area contributed by atoms with Crippen LogP contribution >= 0.6 is 0 Å². The van der Waals surface area contributed by atoms with Crippen molar-refractivity contribution in [1.82, 2.24) is 14.6 Å². The average Bonchev–Trinajstić information content (AvgIpc) is 3.37. The molecule has 0 fully saturated rings. The van der Waals surface area contributed by atoms with Crippen molar-refractivity contribution in [3.05, 3.63) is 72.1 Å². The summed E-state index contributed by atoms with van der Waals surface area (Å²) in [5, 5.41) is 14.9. The molecular formula is C25H28N4O3. The number of rotatable bonds is 9. The molecule has 2 heterocycles. The van der Waals surface area contributed by atoms with E-state index in [-0.39, 0.29) is 0 Å². The van der Waals surface area contributed by atoms with Gasteiger partial charge in [0.1, 0.15) is 17.5 Å². The van der Waals surface area contributed by atoms with Crippen molar-refractivity contribution in [3.63, 3.8) is 0 Å². The smallest absolute Gasteiger partial charge is 0.321 e. The number of benzene rings is 2. The number of nitrogens with zero attached hydrogens (tertiary/aromatic N) is 3. The molecule has 7 heteroatoms. The predicted octanol–water partition coefficient (Wildman–Crippen LogP) is 4.07. The zero-order valence-electron chi connectivity index (χ0n) is 18.4. The lowest BCUT2D eigenvalue weighted by Gasteiger charge is -2.19. The van der Waals surface area contributed by atoms with Gasteiger partial charge in [-0.1, -0.05) is 35.5 Å². The van der Waals surface area contributed by atoms with Crippen LogP contribution in [0.1, 0.15) is 17.7 Å². The molecule has 1 atom stereocenters. The number of hydrogen-bond acceptors (Lipinski definition) is 5. The first kappa shape index (κ1) is 21.6. The van der Waals surface area contributed by atoms with Crippen molar-refractivity contribution in [2.75, 3.05) is 19.8 Å². The van der Waals surface area contributed by atoms with E-state index in [1.807, 2.05) is 42.5 Å². The number of likely N-dealkylation sites (N-methyl/N-ethyl adjacent to an activating group) is 1. The van der Waals surface area contributed by atoms with Crippen molar-refractivity contribution in [2.24, 2.45) is 0 Å². The number of hydrogen-bond donors (Lipinski definition) is 2. The maximum atomic E-state index is 11.7. The molecule has 4 rings (SSSR count). The number of aromatic nitrogens is 2. The van der Waals surface area contributed by atoms with Gasteiger partial charge in [-0.15, -0.1) is 0 Å². The molecular weight excluding hydrogens is 404 g/mol. The Morgan fingerprint density at radius 3 is 2.75 bits per heavy atom. The summed E-state index contributed by atoms with van der Waals surface area (Å²) in [5.74, 6) is 0.0192. The van der Waals surface area contributed by atoms with Crippen LogP contribution in [0.3, 0.4) is 0 Å². The van der Waals surface area contributed by atoms with E-state index in [0.717, 1.165) is 52.9 Å². The molecule has 0 amide bonds. The second-order valence-electron chi connectivity index (χ2n) is 8.29. The second kappa shape index (κ2) is 9.28. The van der Waals surface area contributed by atoms with Gasteiger partial charge in [0.15, 0.2) is 0 Å². The van der Waals surface area contributed by atoms with Crippen LogP contribution in [0.15, 0.2) is 65.3 Å². The summed E-state index contributed by atoms with van der Waals surface area (Å²) in [5.41, 5.74) is 10.4. The standard InChI is InChI=1S/C25H28N4O3/c1-28(2)24(25(30)31)14-18-16-29(23-11-4-3-10-21(18)23)12-6-9-20-15-22(27-32-20)17-7-5-8-19(26)13-17/h3-5,7-8,10-11,13,15-16,24H,6,9,12,14,26H2,1-2H3,(H,30,31)/t24-/m0/s1. The van der Waals surface area contributed by atoms with E-state index in [2.05, 4.69) is 28.1 Å². The first-order chi connectivity index (χ1) is 15.4. The molecule has 4 aromatic rings. The van der Waals surface area contributed by atoms with E-state index in [4.69, 9.17) is 10.3 Å².